The summed E-state index contributed by atoms with van der Waals surface area (Å²) in [6, 6.07) is 18.8. The lowest BCUT2D eigenvalue weighted by Gasteiger charge is -2.25. The van der Waals surface area contributed by atoms with E-state index in [9.17, 15) is 18.4 Å². The van der Waals surface area contributed by atoms with E-state index in [4.69, 9.17) is 9.47 Å². The Kier molecular flexibility index (Phi) is 8.16. The molecule has 4 aromatic carbocycles. The number of anilines is 1. The fourth-order valence-corrected chi connectivity index (χ4v) is 4.26. The number of halogens is 2. The molecular weight excluding hydrogens is 502 g/mol. The van der Waals surface area contributed by atoms with Crippen LogP contribution in [0.25, 0.3) is 0 Å². The molecular formula is C31H32F2N2O4. The Balaban J connectivity index is 1.54. The van der Waals surface area contributed by atoms with Gasteiger partial charge < -0.3 is 14.8 Å². The van der Waals surface area contributed by atoms with E-state index in [1.54, 1.807) is 13.2 Å². The van der Waals surface area contributed by atoms with Crippen LogP contribution in [0.5, 0.6) is 11.5 Å². The zero-order valence-electron chi connectivity index (χ0n) is 22.6. The molecule has 4 aromatic rings. The standard InChI is InChI=1S/C31H32F2N2O4/c1-18(22-12-15-24(32)25(33)16-22)35-26(21-10-13-23(38-5)14-11-21)20-8-6-19(7-9-20)17-34-27-28(36)29(37)30(27)39-31(2,3)4/h6-16,18,26,34-35H,17H2,1-5H3. The maximum absolute atomic E-state index is 13.9. The SMILES string of the molecule is COc1ccc(C(NC(C)c2ccc(F)c(F)c2)c2ccc(CNc3c(OC(C)(C)C)c(=O)c3=O)cc2)cc1. The zero-order chi connectivity index (χ0) is 28.3. The lowest BCUT2D eigenvalue weighted by atomic mass is 9.95. The quantitative estimate of drug-likeness (QED) is 0.251. The molecule has 204 valence electrons. The summed E-state index contributed by atoms with van der Waals surface area (Å²) in [5.74, 6) is -0.987. The zero-order valence-corrected chi connectivity index (χ0v) is 22.6. The van der Waals surface area contributed by atoms with Gasteiger partial charge in [0.1, 0.15) is 17.0 Å². The summed E-state index contributed by atoms with van der Waals surface area (Å²) in [6.45, 7) is 7.66. The summed E-state index contributed by atoms with van der Waals surface area (Å²) < 4.78 is 38.3. The van der Waals surface area contributed by atoms with Gasteiger partial charge in [0.15, 0.2) is 17.4 Å². The Labute approximate surface area is 226 Å². The van der Waals surface area contributed by atoms with Crippen LogP contribution in [0, 0.1) is 11.6 Å². The van der Waals surface area contributed by atoms with Crippen LogP contribution in [0.3, 0.4) is 0 Å². The summed E-state index contributed by atoms with van der Waals surface area (Å²) in [4.78, 5) is 24.0. The van der Waals surface area contributed by atoms with Crippen LogP contribution in [0.1, 0.15) is 62.0 Å². The third-order valence-electron chi connectivity index (χ3n) is 6.37. The van der Waals surface area contributed by atoms with Crippen LogP contribution in [0.15, 0.2) is 76.3 Å². The van der Waals surface area contributed by atoms with Crippen molar-refractivity contribution in [1.29, 1.82) is 0 Å². The van der Waals surface area contributed by atoms with Gasteiger partial charge in [0, 0.05) is 12.6 Å². The van der Waals surface area contributed by atoms with Crippen LogP contribution in [0.4, 0.5) is 14.5 Å². The van der Waals surface area contributed by atoms with Crippen molar-refractivity contribution in [2.45, 2.75) is 51.9 Å². The summed E-state index contributed by atoms with van der Waals surface area (Å²) in [7, 11) is 1.60. The number of hydrogen-bond donors (Lipinski definition) is 2. The van der Waals surface area contributed by atoms with Gasteiger partial charge in [-0.25, -0.2) is 8.78 Å². The second-order valence-corrected chi connectivity index (χ2v) is 10.4. The van der Waals surface area contributed by atoms with E-state index in [1.165, 1.54) is 6.07 Å². The van der Waals surface area contributed by atoms with Gasteiger partial charge in [0.25, 0.3) is 10.9 Å². The van der Waals surface area contributed by atoms with Crippen molar-refractivity contribution in [2.24, 2.45) is 0 Å². The Morgan fingerprint density at radius 3 is 1.97 bits per heavy atom. The van der Waals surface area contributed by atoms with Crippen molar-refractivity contribution < 1.29 is 18.3 Å². The minimum absolute atomic E-state index is 0.0686. The molecule has 0 saturated heterocycles. The predicted molar refractivity (Wildman–Crippen MR) is 148 cm³/mol. The van der Waals surface area contributed by atoms with Crippen LogP contribution < -0.4 is 31.0 Å². The van der Waals surface area contributed by atoms with Gasteiger partial charge in [0.2, 0.25) is 0 Å². The molecule has 0 heterocycles. The molecule has 4 rings (SSSR count). The molecule has 0 aliphatic carbocycles. The Morgan fingerprint density at radius 2 is 1.41 bits per heavy atom. The first kappa shape index (κ1) is 28.0. The molecule has 0 fully saturated rings. The van der Waals surface area contributed by atoms with E-state index in [0.717, 1.165) is 28.5 Å². The molecule has 0 aliphatic heterocycles. The molecule has 0 aliphatic rings. The average Bonchev–Trinajstić information content (AvgIpc) is 2.92. The van der Waals surface area contributed by atoms with Gasteiger partial charge >= 0.3 is 0 Å². The maximum Gasteiger partial charge on any atom is 0.272 e. The van der Waals surface area contributed by atoms with Crippen molar-refractivity contribution in [3.8, 4) is 11.5 Å². The molecule has 2 unspecified atom stereocenters. The lowest BCUT2D eigenvalue weighted by Crippen LogP contribution is -2.39. The van der Waals surface area contributed by atoms with E-state index < -0.39 is 28.1 Å². The molecule has 39 heavy (non-hydrogen) atoms. The number of nitrogens with one attached hydrogen (secondary N) is 2. The van der Waals surface area contributed by atoms with Crippen molar-refractivity contribution in [2.75, 3.05) is 12.4 Å². The monoisotopic (exact) mass is 534 g/mol. The first-order valence-corrected chi connectivity index (χ1v) is 12.7. The van der Waals surface area contributed by atoms with Crippen LogP contribution in [-0.2, 0) is 6.54 Å². The number of rotatable bonds is 10. The van der Waals surface area contributed by atoms with E-state index in [-0.39, 0.29) is 23.5 Å². The fourth-order valence-electron chi connectivity index (χ4n) is 4.26. The lowest BCUT2D eigenvalue weighted by molar-refractivity contribution is 0.128. The predicted octanol–water partition coefficient (Wildman–Crippen LogP) is 5.80. The second-order valence-electron chi connectivity index (χ2n) is 10.4. The van der Waals surface area contributed by atoms with Crippen LogP contribution in [0.2, 0.25) is 0 Å². The molecule has 0 aromatic heterocycles. The highest BCUT2D eigenvalue weighted by atomic mass is 19.2. The first-order chi connectivity index (χ1) is 18.5. The third kappa shape index (κ3) is 6.52. The summed E-state index contributed by atoms with van der Waals surface area (Å²) >= 11 is 0. The van der Waals surface area contributed by atoms with Crippen LogP contribution in [-0.4, -0.2) is 12.7 Å². The first-order valence-electron chi connectivity index (χ1n) is 12.7. The molecule has 0 amide bonds. The van der Waals surface area contributed by atoms with Gasteiger partial charge in [-0.15, -0.1) is 0 Å². The topological polar surface area (TPSA) is 76.7 Å². The van der Waals surface area contributed by atoms with E-state index in [0.29, 0.717) is 12.1 Å². The number of methoxy groups -OCH3 is 1. The molecule has 0 spiro atoms. The molecule has 2 N–H and O–H groups in total. The highest BCUT2D eigenvalue weighted by Gasteiger charge is 2.26. The number of ether oxygens (including phenoxy) is 2. The smallest absolute Gasteiger partial charge is 0.272 e. The van der Waals surface area contributed by atoms with Gasteiger partial charge in [-0.05, 0) is 74.2 Å². The maximum atomic E-state index is 13.9. The number of hydrogen-bond acceptors (Lipinski definition) is 6. The highest BCUT2D eigenvalue weighted by molar-refractivity contribution is 5.62. The average molecular weight is 535 g/mol. The summed E-state index contributed by atoms with van der Waals surface area (Å²) in [6.07, 6.45) is 0. The van der Waals surface area contributed by atoms with Crippen molar-refractivity contribution in [1.82, 2.24) is 5.32 Å². The minimum atomic E-state index is -0.892. The molecule has 0 saturated carbocycles. The molecule has 0 radical (unpaired) electrons. The van der Waals surface area contributed by atoms with Gasteiger partial charge in [0.05, 0.1) is 13.2 Å². The minimum Gasteiger partial charge on any atom is -0.497 e. The Morgan fingerprint density at radius 1 is 0.821 bits per heavy atom. The molecule has 8 heteroatoms. The second kappa shape index (κ2) is 11.4. The van der Waals surface area contributed by atoms with E-state index >= 15 is 0 Å². The molecule has 6 nitrogen and oxygen atoms in total. The Hall–Kier alpha value is -4.04. The number of benzene rings is 3. The Bertz CT molecular complexity index is 1500. The van der Waals surface area contributed by atoms with Gasteiger partial charge in [-0.1, -0.05) is 42.5 Å². The van der Waals surface area contributed by atoms with Crippen LogP contribution >= 0.6 is 0 Å². The summed E-state index contributed by atoms with van der Waals surface area (Å²) in [5, 5.41) is 6.56. The van der Waals surface area contributed by atoms with E-state index in [1.807, 2.05) is 76.2 Å². The fraction of sp³-hybridized carbons (Fsp3) is 0.290. The van der Waals surface area contributed by atoms with Gasteiger partial charge in [-0.2, -0.15) is 0 Å². The third-order valence-corrected chi connectivity index (χ3v) is 6.37. The molecule has 2 atom stereocenters. The van der Waals surface area contributed by atoms with Crippen molar-refractivity contribution in [3.63, 3.8) is 0 Å². The molecule has 0 bridgehead atoms. The largest absolute Gasteiger partial charge is 0.497 e. The highest BCUT2D eigenvalue weighted by Crippen LogP contribution is 2.29. The van der Waals surface area contributed by atoms with Crippen molar-refractivity contribution >= 4 is 5.69 Å². The normalized spacial score (nSPS) is 13.2. The summed E-state index contributed by atoms with van der Waals surface area (Å²) in [5.41, 5.74) is 1.82. The van der Waals surface area contributed by atoms with Gasteiger partial charge in [-0.3, -0.25) is 14.9 Å². The van der Waals surface area contributed by atoms with Crippen molar-refractivity contribution in [3.05, 3.63) is 121 Å². The van der Waals surface area contributed by atoms with E-state index in [2.05, 4.69) is 10.6 Å².